The quantitative estimate of drug-likeness (QED) is 0.487. The highest BCUT2D eigenvalue weighted by atomic mass is 32.2. The Labute approximate surface area is 171 Å². The first kappa shape index (κ1) is 19.2. The normalized spacial score (nSPS) is 11.5. The Morgan fingerprint density at radius 2 is 2.03 bits per heavy atom. The summed E-state index contributed by atoms with van der Waals surface area (Å²) in [4.78, 5) is 16.4. The summed E-state index contributed by atoms with van der Waals surface area (Å²) in [6.07, 6.45) is 3.81. The van der Waals surface area contributed by atoms with E-state index in [1.807, 2.05) is 41.9 Å². The Kier molecular flexibility index (Phi) is 4.85. The number of hydrogen-bond donors (Lipinski definition) is 1. The molecule has 1 aromatic carbocycles. The molecule has 148 valence electrons. The van der Waals surface area contributed by atoms with Crippen LogP contribution < -0.4 is 4.72 Å². The van der Waals surface area contributed by atoms with Crippen LogP contribution in [0, 0.1) is 6.92 Å². The molecule has 0 atom stereocenters. The molecule has 0 aliphatic rings. The predicted octanol–water partition coefficient (Wildman–Crippen LogP) is 3.96. The number of sulfonamides is 1. The zero-order valence-electron chi connectivity index (χ0n) is 15.6. The van der Waals surface area contributed by atoms with Crippen molar-refractivity contribution < 1.29 is 17.9 Å². The van der Waals surface area contributed by atoms with Crippen molar-refractivity contribution in [2.45, 2.75) is 11.8 Å². The predicted molar refractivity (Wildman–Crippen MR) is 112 cm³/mol. The van der Waals surface area contributed by atoms with Gasteiger partial charge in [0.2, 0.25) is 0 Å². The van der Waals surface area contributed by atoms with E-state index >= 15 is 0 Å². The summed E-state index contributed by atoms with van der Waals surface area (Å²) in [7, 11) is -2.74. The number of hydrogen-bond acceptors (Lipinski definition) is 6. The number of carbonyl (C=O) groups is 1. The first-order chi connectivity index (χ1) is 13.9. The monoisotopic (exact) mass is 427 g/mol. The van der Waals surface area contributed by atoms with Crippen molar-refractivity contribution in [3.8, 4) is 11.3 Å². The van der Waals surface area contributed by atoms with Crippen molar-refractivity contribution >= 4 is 38.7 Å². The summed E-state index contributed by atoms with van der Waals surface area (Å²) in [6.45, 7) is 2.00. The maximum Gasteiger partial charge on any atom is 0.349 e. The molecule has 3 aromatic heterocycles. The Bertz CT molecular complexity index is 1320. The summed E-state index contributed by atoms with van der Waals surface area (Å²) < 4.78 is 34.7. The number of fused-ring (bicyclic) bond motifs is 1. The van der Waals surface area contributed by atoms with Gasteiger partial charge in [-0.25, -0.2) is 18.2 Å². The first-order valence-electron chi connectivity index (χ1n) is 8.62. The Morgan fingerprint density at radius 1 is 1.21 bits per heavy atom. The van der Waals surface area contributed by atoms with Gasteiger partial charge in [0, 0.05) is 23.6 Å². The summed E-state index contributed by atoms with van der Waals surface area (Å²) >= 11 is 1.02. The lowest BCUT2D eigenvalue weighted by Crippen LogP contribution is -2.15. The number of thiophene rings is 1. The topological polar surface area (TPSA) is 89.8 Å². The largest absolute Gasteiger partial charge is 0.465 e. The number of aryl methyl sites for hydroxylation is 1. The number of rotatable bonds is 5. The molecule has 0 bridgehead atoms. The fourth-order valence-corrected chi connectivity index (χ4v) is 5.31. The molecule has 0 unspecified atom stereocenters. The fourth-order valence-electron chi connectivity index (χ4n) is 2.93. The molecule has 4 rings (SSSR count). The zero-order valence-corrected chi connectivity index (χ0v) is 17.3. The van der Waals surface area contributed by atoms with E-state index < -0.39 is 16.0 Å². The molecule has 0 radical (unpaired) electrons. The second kappa shape index (κ2) is 7.34. The third kappa shape index (κ3) is 3.74. The van der Waals surface area contributed by atoms with Gasteiger partial charge >= 0.3 is 5.97 Å². The number of methoxy groups -OCH3 is 1. The molecule has 1 N–H and O–H groups in total. The second-order valence-electron chi connectivity index (χ2n) is 6.39. The number of nitrogens with one attached hydrogen (secondary N) is 1. The van der Waals surface area contributed by atoms with Crippen molar-refractivity contribution in [3.05, 3.63) is 70.7 Å². The third-order valence-electron chi connectivity index (χ3n) is 4.32. The summed E-state index contributed by atoms with van der Waals surface area (Å²) in [5, 5.41) is 1.54. The maximum absolute atomic E-state index is 12.8. The zero-order chi connectivity index (χ0) is 20.6. The van der Waals surface area contributed by atoms with Crippen LogP contribution in [0.2, 0.25) is 0 Å². The molecule has 4 aromatic rings. The average Bonchev–Trinajstić information content (AvgIpc) is 3.34. The number of pyridine rings is 1. The minimum absolute atomic E-state index is 0.0341. The smallest absolute Gasteiger partial charge is 0.349 e. The minimum atomic E-state index is -3.95. The fraction of sp³-hybridized carbons (Fsp3) is 0.100. The van der Waals surface area contributed by atoms with Gasteiger partial charge < -0.3 is 9.14 Å². The molecule has 0 fully saturated rings. The number of carbonyl (C=O) groups excluding carboxylic acids is 1. The molecule has 29 heavy (non-hydrogen) atoms. The van der Waals surface area contributed by atoms with Crippen LogP contribution in [-0.4, -0.2) is 30.9 Å². The van der Waals surface area contributed by atoms with Gasteiger partial charge in [-0.1, -0.05) is 12.1 Å². The van der Waals surface area contributed by atoms with E-state index in [2.05, 4.69) is 14.4 Å². The van der Waals surface area contributed by atoms with Crippen LogP contribution in [0.1, 0.15) is 15.2 Å². The number of esters is 1. The number of benzene rings is 1. The summed E-state index contributed by atoms with van der Waals surface area (Å²) in [6, 6.07) is 12.3. The molecular weight excluding hydrogens is 410 g/mol. The maximum atomic E-state index is 12.8. The highest BCUT2D eigenvalue weighted by Gasteiger charge is 2.24. The standard InChI is InChI=1S/C20H17N3O4S2/c1-13-6-8-23-12-16(21-18(23)10-13)14-4-3-5-15(11-14)22-29(25,26)17-7-9-28-19(17)20(24)27-2/h3-12,22H,1-2H3. The molecule has 3 heterocycles. The van der Waals surface area contributed by atoms with Crippen molar-refractivity contribution in [3.63, 3.8) is 0 Å². The highest BCUT2D eigenvalue weighted by molar-refractivity contribution is 7.93. The molecule has 0 spiro atoms. The minimum Gasteiger partial charge on any atom is -0.465 e. The molecule has 7 nitrogen and oxygen atoms in total. The highest BCUT2D eigenvalue weighted by Crippen LogP contribution is 2.27. The van der Waals surface area contributed by atoms with Gasteiger partial charge in [0.15, 0.2) is 0 Å². The van der Waals surface area contributed by atoms with Crippen molar-refractivity contribution in [2.75, 3.05) is 11.8 Å². The van der Waals surface area contributed by atoms with E-state index in [-0.39, 0.29) is 9.77 Å². The molecule has 0 saturated heterocycles. The van der Waals surface area contributed by atoms with E-state index in [1.165, 1.54) is 18.6 Å². The van der Waals surface area contributed by atoms with Crippen LogP contribution >= 0.6 is 11.3 Å². The Hall–Kier alpha value is -3.17. The molecular formula is C20H17N3O4S2. The first-order valence-corrected chi connectivity index (χ1v) is 11.0. The van der Waals surface area contributed by atoms with E-state index in [9.17, 15) is 13.2 Å². The van der Waals surface area contributed by atoms with Gasteiger partial charge in [0.1, 0.15) is 15.4 Å². The van der Waals surface area contributed by atoms with Gasteiger partial charge in [-0.15, -0.1) is 11.3 Å². The summed E-state index contributed by atoms with van der Waals surface area (Å²) in [5.74, 6) is -0.686. The lowest BCUT2D eigenvalue weighted by atomic mass is 10.1. The molecule has 0 aliphatic carbocycles. The van der Waals surface area contributed by atoms with Crippen LogP contribution in [0.15, 0.2) is 65.1 Å². The summed E-state index contributed by atoms with van der Waals surface area (Å²) in [5.41, 5.74) is 3.78. The number of anilines is 1. The van der Waals surface area contributed by atoms with Gasteiger partial charge in [-0.3, -0.25) is 4.72 Å². The van der Waals surface area contributed by atoms with Gasteiger partial charge in [-0.05, 0) is 48.2 Å². The molecule has 0 amide bonds. The van der Waals surface area contributed by atoms with Crippen molar-refractivity contribution in [1.29, 1.82) is 0 Å². The van der Waals surface area contributed by atoms with E-state index in [1.54, 1.807) is 18.2 Å². The van der Waals surface area contributed by atoms with Gasteiger partial charge in [-0.2, -0.15) is 0 Å². The Morgan fingerprint density at radius 3 is 2.83 bits per heavy atom. The van der Waals surface area contributed by atoms with E-state index in [0.29, 0.717) is 5.69 Å². The van der Waals surface area contributed by atoms with Crippen LogP contribution in [0.25, 0.3) is 16.9 Å². The molecule has 9 heteroatoms. The van der Waals surface area contributed by atoms with Crippen LogP contribution in [0.3, 0.4) is 0 Å². The Balaban J connectivity index is 1.67. The van der Waals surface area contributed by atoms with Crippen molar-refractivity contribution in [1.82, 2.24) is 9.38 Å². The lowest BCUT2D eigenvalue weighted by Gasteiger charge is -2.09. The number of imidazole rings is 1. The molecule has 0 saturated carbocycles. The third-order valence-corrected chi connectivity index (χ3v) is 6.76. The number of nitrogens with zero attached hydrogens (tertiary/aromatic N) is 2. The lowest BCUT2D eigenvalue weighted by molar-refractivity contribution is 0.0602. The van der Waals surface area contributed by atoms with E-state index in [0.717, 1.165) is 33.8 Å². The van der Waals surface area contributed by atoms with Crippen LogP contribution in [-0.2, 0) is 14.8 Å². The van der Waals surface area contributed by atoms with Crippen LogP contribution in [0.5, 0.6) is 0 Å². The van der Waals surface area contributed by atoms with Crippen LogP contribution in [0.4, 0.5) is 5.69 Å². The SMILES string of the molecule is COC(=O)c1sccc1S(=O)(=O)Nc1cccc(-c2cn3ccc(C)cc3n2)c1. The second-order valence-corrected chi connectivity index (χ2v) is 8.95. The number of ether oxygens (including phenoxy) is 1. The van der Waals surface area contributed by atoms with Crippen molar-refractivity contribution in [2.24, 2.45) is 0 Å². The molecule has 0 aliphatic heterocycles. The van der Waals surface area contributed by atoms with E-state index in [4.69, 9.17) is 0 Å². The number of aromatic nitrogens is 2. The van der Waals surface area contributed by atoms with Gasteiger partial charge in [0.05, 0.1) is 12.8 Å². The van der Waals surface area contributed by atoms with Gasteiger partial charge in [0.25, 0.3) is 10.0 Å². The average molecular weight is 428 g/mol.